The number of hydrogen-bond donors (Lipinski definition) is 0. The molecule has 0 saturated carbocycles. The molecule has 0 heteroatoms. The average Bonchev–Trinajstić information content (AvgIpc) is 3.37. The molecule has 0 N–H and O–H groups in total. The van der Waals surface area contributed by atoms with Crippen LogP contribution in [0.15, 0.2) is 91.0 Å². The maximum absolute atomic E-state index is 2.38. The van der Waals surface area contributed by atoms with Gasteiger partial charge in [0, 0.05) is 0 Å². The van der Waals surface area contributed by atoms with Crippen LogP contribution in [0.5, 0.6) is 0 Å². The zero-order valence-electron chi connectivity index (χ0n) is 14.2. The summed E-state index contributed by atoms with van der Waals surface area (Å²) in [6, 6.07) is 32.9. The van der Waals surface area contributed by atoms with Crippen molar-refractivity contribution in [2.24, 2.45) is 0 Å². The smallest absolute Gasteiger partial charge is 0.00921 e. The molecule has 0 aromatic heterocycles. The monoisotopic (exact) mass is 328 g/mol. The van der Waals surface area contributed by atoms with Crippen LogP contribution in [0.25, 0.3) is 44.0 Å². The minimum atomic E-state index is 1.30. The molecule has 5 aromatic rings. The Hall–Kier alpha value is -3.38. The van der Waals surface area contributed by atoms with E-state index in [9.17, 15) is 0 Å². The zero-order valence-corrected chi connectivity index (χ0v) is 14.2. The Morgan fingerprint density at radius 3 is 1.46 bits per heavy atom. The lowest BCUT2D eigenvalue weighted by atomic mass is 9.96. The topological polar surface area (TPSA) is 0 Å². The van der Waals surface area contributed by atoms with Crippen molar-refractivity contribution in [2.75, 3.05) is 0 Å². The van der Waals surface area contributed by atoms with Crippen LogP contribution in [0.4, 0.5) is 0 Å². The summed E-state index contributed by atoms with van der Waals surface area (Å²) in [6.45, 7) is 0. The van der Waals surface area contributed by atoms with Gasteiger partial charge in [-0.15, -0.1) is 0 Å². The van der Waals surface area contributed by atoms with Gasteiger partial charge in [0.2, 0.25) is 0 Å². The third kappa shape index (κ3) is 1.96. The number of rotatable bonds is 1. The fourth-order valence-electron chi connectivity index (χ4n) is 4.13. The van der Waals surface area contributed by atoms with Crippen molar-refractivity contribution in [3.63, 3.8) is 0 Å². The molecule has 0 nitrogen and oxygen atoms in total. The van der Waals surface area contributed by atoms with Crippen molar-refractivity contribution in [3.05, 3.63) is 108 Å². The van der Waals surface area contributed by atoms with Gasteiger partial charge in [-0.25, -0.2) is 0 Å². The predicted molar refractivity (Wildman–Crippen MR) is 112 cm³/mol. The van der Waals surface area contributed by atoms with Gasteiger partial charge in [0.15, 0.2) is 0 Å². The third-order valence-electron chi connectivity index (χ3n) is 5.51. The first-order chi connectivity index (χ1) is 12.9. The Morgan fingerprint density at radius 1 is 0.462 bits per heavy atom. The molecule has 0 saturated heterocycles. The van der Waals surface area contributed by atoms with E-state index in [1.165, 1.54) is 54.6 Å². The molecule has 0 radical (unpaired) electrons. The van der Waals surface area contributed by atoms with E-state index in [1.807, 2.05) is 0 Å². The molecule has 0 bridgehead atoms. The summed E-state index contributed by atoms with van der Waals surface area (Å²) < 4.78 is 0. The standard InChI is InChI=1S/C26H16/c1-2-8-18-15-24-23(14-17(18)7-1)26(24)16-25-21-11-5-3-9-19(21)13-20-10-4-6-12-22(20)25/h1-16H. The molecule has 1 aliphatic carbocycles. The van der Waals surface area contributed by atoms with E-state index >= 15 is 0 Å². The molecule has 0 fully saturated rings. The van der Waals surface area contributed by atoms with E-state index in [4.69, 9.17) is 0 Å². The molecule has 5 aromatic carbocycles. The van der Waals surface area contributed by atoms with Gasteiger partial charge in [-0.1, -0.05) is 72.8 Å². The van der Waals surface area contributed by atoms with Crippen molar-refractivity contribution >= 4 is 44.0 Å². The summed E-state index contributed by atoms with van der Waals surface area (Å²) in [4.78, 5) is 0. The van der Waals surface area contributed by atoms with Gasteiger partial charge in [0.25, 0.3) is 0 Å². The van der Waals surface area contributed by atoms with Crippen molar-refractivity contribution in [1.29, 1.82) is 0 Å². The van der Waals surface area contributed by atoms with Crippen molar-refractivity contribution in [3.8, 4) is 0 Å². The first kappa shape index (κ1) is 13.9. The maximum atomic E-state index is 2.38. The second kappa shape index (κ2) is 5.06. The lowest BCUT2D eigenvalue weighted by Gasteiger charge is -2.08. The summed E-state index contributed by atoms with van der Waals surface area (Å²) in [5.74, 6) is 0. The maximum Gasteiger partial charge on any atom is -0.00921 e. The Balaban J connectivity index is 1.64. The van der Waals surface area contributed by atoms with Gasteiger partial charge in [0.05, 0.1) is 0 Å². The van der Waals surface area contributed by atoms with Gasteiger partial charge < -0.3 is 0 Å². The largest absolute Gasteiger partial charge is 0.0616 e. The van der Waals surface area contributed by atoms with E-state index in [0.717, 1.165) is 0 Å². The van der Waals surface area contributed by atoms with Crippen LogP contribution in [0.2, 0.25) is 0 Å². The SMILES string of the molecule is C(=C1c2cc3ccccc3cc21)c1c2ccccc2cc2ccccc12. The van der Waals surface area contributed by atoms with Crippen LogP contribution >= 0.6 is 0 Å². The van der Waals surface area contributed by atoms with Crippen LogP contribution < -0.4 is 0 Å². The molecule has 6 rings (SSSR count). The molecular formula is C26H16. The van der Waals surface area contributed by atoms with Crippen LogP contribution in [-0.2, 0) is 0 Å². The zero-order chi connectivity index (χ0) is 17.1. The quantitative estimate of drug-likeness (QED) is 0.284. The highest BCUT2D eigenvalue weighted by Gasteiger charge is 2.25. The van der Waals surface area contributed by atoms with E-state index < -0.39 is 0 Å². The second-order valence-corrected chi connectivity index (χ2v) is 7.04. The normalized spacial score (nSPS) is 12.5. The molecule has 1 aliphatic rings. The summed E-state index contributed by atoms with van der Waals surface area (Å²) >= 11 is 0. The fraction of sp³-hybridized carbons (Fsp3) is 0. The van der Waals surface area contributed by atoms with Crippen LogP contribution in [-0.4, -0.2) is 0 Å². The Labute approximate surface area is 152 Å². The molecule has 0 atom stereocenters. The van der Waals surface area contributed by atoms with E-state index in [2.05, 4.69) is 97.1 Å². The van der Waals surface area contributed by atoms with Gasteiger partial charge in [-0.05, 0) is 78.9 Å². The highest BCUT2D eigenvalue weighted by Crippen LogP contribution is 2.47. The van der Waals surface area contributed by atoms with Gasteiger partial charge in [-0.3, -0.25) is 0 Å². The fourth-order valence-corrected chi connectivity index (χ4v) is 4.13. The lowest BCUT2D eigenvalue weighted by Crippen LogP contribution is -1.83. The summed E-state index contributed by atoms with van der Waals surface area (Å²) in [6.07, 6.45) is 2.38. The minimum absolute atomic E-state index is 1.30. The van der Waals surface area contributed by atoms with Crippen molar-refractivity contribution < 1.29 is 0 Å². The predicted octanol–water partition coefficient (Wildman–Crippen LogP) is 7.05. The molecule has 120 valence electrons. The lowest BCUT2D eigenvalue weighted by molar-refractivity contribution is 1.74. The molecule has 0 spiro atoms. The summed E-state index contributed by atoms with van der Waals surface area (Å²) in [7, 11) is 0. The first-order valence-corrected chi connectivity index (χ1v) is 9.04. The van der Waals surface area contributed by atoms with Gasteiger partial charge >= 0.3 is 0 Å². The third-order valence-corrected chi connectivity index (χ3v) is 5.51. The first-order valence-electron chi connectivity index (χ1n) is 9.04. The molecule has 0 unspecified atom stereocenters. The highest BCUT2D eigenvalue weighted by molar-refractivity contribution is 6.17. The van der Waals surface area contributed by atoms with Crippen molar-refractivity contribution in [2.45, 2.75) is 0 Å². The number of fused-ring (bicyclic) bond motifs is 4. The molecule has 26 heavy (non-hydrogen) atoms. The molecule has 0 amide bonds. The van der Waals surface area contributed by atoms with Gasteiger partial charge in [-0.2, -0.15) is 0 Å². The van der Waals surface area contributed by atoms with E-state index in [0.29, 0.717) is 0 Å². The number of benzene rings is 5. The van der Waals surface area contributed by atoms with Crippen molar-refractivity contribution in [1.82, 2.24) is 0 Å². The summed E-state index contributed by atoms with van der Waals surface area (Å²) in [5.41, 5.74) is 5.48. The van der Waals surface area contributed by atoms with E-state index in [1.54, 1.807) is 0 Å². The van der Waals surface area contributed by atoms with Crippen LogP contribution in [0.3, 0.4) is 0 Å². The summed E-state index contributed by atoms with van der Waals surface area (Å²) in [5, 5.41) is 7.87. The molecule has 0 aliphatic heterocycles. The highest BCUT2D eigenvalue weighted by atomic mass is 14.3. The minimum Gasteiger partial charge on any atom is -0.0616 e. The van der Waals surface area contributed by atoms with Crippen LogP contribution in [0, 0.1) is 0 Å². The average molecular weight is 328 g/mol. The molecule has 0 heterocycles. The number of hydrogen-bond acceptors (Lipinski definition) is 0. The van der Waals surface area contributed by atoms with Crippen LogP contribution in [0.1, 0.15) is 16.7 Å². The van der Waals surface area contributed by atoms with E-state index in [-0.39, 0.29) is 0 Å². The molecular weight excluding hydrogens is 312 g/mol. The Bertz CT molecular complexity index is 1270. The Kier molecular flexibility index (Phi) is 2.70. The second-order valence-electron chi connectivity index (χ2n) is 7.04. The Morgan fingerprint density at radius 2 is 0.923 bits per heavy atom. The van der Waals surface area contributed by atoms with Gasteiger partial charge in [0.1, 0.15) is 0 Å².